The van der Waals surface area contributed by atoms with E-state index in [1.165, 1.54) is 0 Å². The van der Waals surface area contributed by atoms with Gasteiger partial charge in [-0.05, 0) is 27.2 Å². The standard InChI is InChI=1S/C24H38O9/c1-8-21(25)31-18(5)12-28-15-24(11-4,16-29-13-19(6)32-22(26)9-2)17-30-14-20(7)33-23(27)10-3/h8-10,18-20H,1-3,11-17H2,4-7H3. The number of hydrogen-bond donors (Lipinski definition) is 0. The molecule has 0 spiro atoms. The Morgan fingerprint density at radius 2 is 0.939 bits per heavy atom. The molecule has 0 saturated carbocycles. The molecule has 0 aliphatic carbocycles. The predicted octanol–water partition coefficient (Wildman–Crippen LogP) is 2.79. The third-order valence-corrected chi connectivity index (χ3v) is 4.48. The summed E-state index contributed by atoms with van der Waals surface area (Å²) >= 11 is 0. The van der Waals surface area contributed by atoms with Crippen molar-refractivity contribution in [3.05, 3.63) is 38.0 Å². The first kappa shape index (κ1) is 30.5. The third kappa shape index (κ3) is 14.3. The van der Waals surface area contributed by atoms with Crippen LogP contribution in [0.15, 0.2) is 38.0 Å². The first-order valence-corrected chi connectivity index (χ1v) is 10.8. The molecule has 9 nitrogen and oxygen atoms in total. The normalized spacial score (nSPS) is 15.3. The van der Waals surface area contributed by atoms with E-state index in [-0.39, 0.29) is 39.6 Å². The van der Waals surface area contributed by atoms with Crippen molar-refractivity contribution in [2.24, 2.45) is 5.41 Å². The van der Waals surface area contributed by atoms with Crippen molar-refractivity contribution in [2.45, 2.75) is 52.4 Å². The number of carbonyl (C=O) groups is 3. The highest BCUT2D eigenvalue weighted by Crippen LogP contribution is 2.25. The molecule has 3 unspecified atom stereocenters. The maximum atomic E-state index is 11.3. The number of carbonyl (C=O) groups excluding carboxylic acids is 3. The van der Waals surface area contributed by atoms with Crippen LogP contribution in [-0.4, -0.2) is 75.9 Å². The molecule has 0 aliphatic rings. The van der Waals surface area contributed by atoms with Crippen LogP contribution in [0.25, 0.3) is 0 Å². The van der Waals surface area contributed by atoms with Crippen LogP contribution >= 0.6 is 0 Å². The van der Waals surface area contributed by atoms with Crippen molar-refractivity contribution < 1.29 is 42.8 Å². The zero-order chi connectivity index (χ0) is 25.3. The molecule has 0 aliphatic heterocycles. The molecule has 33 heavy (non-hydrogen) atoms. The van der Waals surface area contributed by atoms with Crippen LogP contribution in [-0.2, 0) is 42.8 Å². The highest BCUT2D eigenvalue weighted by atomic mass is 16.6. The second kappa shape index (κ2) is 17.0. The van der Waals surface area contributed by atoms with Gasteiger partial charge in [0.25, 0.3) is 0 Å². The van der Waals surface area contributed by atoms with Gasteiger partial charge in [-0.15, -0.1) is 0 Å². The van der Waals surface area contributed by atoms with Crippen molar-refractivity contribution in [2.75, 3.05) is 39.6 Å². The van der Waals surface area contributed by atoms with Crippen LogP contribution < -0.4 is 0 Å². The van der Waals surface area contributed by atoms with Gasteiger partial charge < -0.3 is 28.4 Å². The molecule has 188 valence electrons. The van der Waals surface area contributed by atoms with E-state index in [1.54, 1.807) is 20.8 Å². The molecule has 0 rings (SSSR count). The summed E-state index contributed by atoms with van der Waals surface area (Å²) in [7, 11) is 0. The zero-order valence-electron chi connectivity index (χ0n) is 20.2. The minimum absolute atomic E-state index is 0.183. The molecule has 0 N–H and O–H groups in total. The summed E-state index contributed by atoms with van der Waals surface area (Å²) in [6, 6.07) is 0. The molecule has 0 heterocycles. The van der Waals surface area contributed by atoms with E-state index in [2.05, 4.69) is 19.7 Å². The van der Waals surface area contributed by atoms with E-state index in [9.17, 15) is 14.4 Å². The molecule has 9 heteroatoms. The van der Waals surface area contributed by atoms with Gasteiger partial charge in [0.1, 0.15) is 18.3 Å². The van der Waals surface area contributed by atoms with Crippen molar-refractivity contribution in [1.29, 1.82) is 0 Å². The van der Waals surface area contributed by atoms with E-state index in [0.29, 0.717) is 6.42 Å². The highest BCUT2D eigenvalue weighted by Gasteiger charge is 2.31. The van der Waals surface area contributed by atoms with E-state index < -0.39 is 41.6 Å². The fourth-order valence-corrected chi connectivity index (χ4v) is 2.60. The summed E-state index contributed by atoms with van der Waals surface area (Å²) in [5.74, 6) is -1.57. The monoisotopic (exact) mass is 470 g/mol. The van der Waals surface area contributed by atoms with Crippen molar-refractivity contribution >= 4 is 17.9 Å². The van der Waals surface area contributed by atoms with E-state index in [1.807, 2.05) is 6.92 Å². The quantitative estimate of drug-likeness (QED) is 0.160. The molecule has 3 atom stereocenters. The first-order valence-electron chi connectivity index (χ1n) is 10.8. The average molecular weight is 471 g/mol. The van der Waals surface area contributed by atoms with E-state index >= 15 is 0 Å². The Kier molecular flexibility index (Phi) is 15.8. The number of rotatable bonds is 19. The summed E-state index contributed by atoms with van der Waals surface area (Å²) in [6.45, 7) is 18.6. The van der Waals surface area contributed by atoms with Gasteiger partial charge in [-0.1, -0.05) is 26.7 Å². The molecule has 0 fully saturated rings. The van der Waals surface area contributed by atoms with Crippen molar-refractivity contribution in [1.82, 2.24) is 0 Å². The van der Waals surface area contributed by atoms with Gasteiger partial charge >= 0.3 is 17.9 Å². The lowest BCUT2D eigenvalue weighted by atomic mass is 9.88. The summed E-state index contributed by atoms with van der Waals surface area (Å²) < 4.78 is 32.8. The Bertz CT molecular complexity index is 560. The summed E-state index contributed by atoms with van der Waals surface area (Å²) in [5.41, 5.74) is -0.535. The Balaban J connectivity index is 4.92. The van der Waals surface area contributed by atoms with Crippen LogP contribution in [0.4, 0.5) is 0 Å². The maximum Gasteiger partial charge on any atom is 0.330 e. The molecule has 0 aromatic carbocycles. The predicted molar refractivity (Wildman–Crippen MR) is 122 cm³/mol. The lowest BCUT2D eigenvalue weighted by Gasteiger charge is -2.33. The zero-order valence-corrected chi connectivity index (χ0v) is 20.2. The SMILES string of the molecule is C=CC(=O)OC(C)COCC(CC)(COCC(C)OC(=O)C=C)COCC(C)OC(=O)C=C. The second-order valence-electron chi connectivity index (χ2n) is 7.75. The second-order valence-corrected chi connectivity index (χ2v) is 7.75. The van der Waals surface area contributed by atoms with Gasteiger partial charge in [0.2, 0.25) is 0 Å². The topological polar surface area (TPSA) is 107 Å². The lowest BCUT2D eigenvalue weighted by Crippen LogP contribution is -2.39. The van der Waals surface area contributed by atoms with Gasteiger partial charge in [0.15, 0.2) is 0 Å². The van der Waals surface area contributed by atoms with Gasteiger partial charge in [-0.25, -0.2) is 14.4 Å². The molecule has 0 aromatic heterocycles. The highest BCUT2D eigenvalue weighted by molar-refractivity contribution is 5.82. The fourth-order valence-electron chi connectivity index (χ4n) is 2.60. The lowest BCUT2D eigenvalue weighted by molar-refractivity contribution is -0.150. The molecule has 0 aromatic rings. The summed E-state index contributed by atoms with van der Waals surface area (Å²) in [5, 5.41) is 0. The largest absolute Gasteiger partial charge is 0.457 e. The minimum Gasteiger partial charge on any atom is -0.457 e. The van der Waals surface area contributed by atoms with Gasteiger partial charge in [0.05, 0.1) is 39.6 Å². The van der Waals surface area contributed by atoms with E-state index in [4.69, 9.17) is 28.4 Å². The summed E-state index contributed by atoms with van der Waals surface area (Å²) in [4.78, 5) is 34.0. The van der Waals surface area contributed by atoms with Crippen LogP contribution in [0.5, 0.6) is 0 Å². The summed E-state index contributed by atoms with van der Waals surface area (Å²) in [6.07, 6.45) is 2.56. The fraction of sp³-hybridized carbons (Fsp3) is 0.625. The molecule has 0 saturated heterocycles. The van der Waals surface area contributed by atoms with Crippen LogP contribution in [0.3, 0.4) is 0 Å². The van der Waals surface area contributed by atoms with Gasteiger partial charge in [-0.2, -0.15) is 0 Å². The van der Waals surface area contributed by atoms with Gasteiger partial charge in [0, 0.05) is 23.6 Å². The Morgan fingerprint density at radius 3 is 1.15 bits per heavy atom. The number of esters is 3. The van der Waals surface area contributed by atoms with Gasteiger partial charge in [-0.3, -0.25) is 0 Å². The Labute approximate surface area is 196 Å². The molecular weight excluding hydrogens is 432 g/mol. The molecule has 0 amide bonds. The maximum absolute atomic E-state index is 11.3. The van der Waals surface area contributed by atoms with E-state index in [0.717, 1.165) is 18.2 Å². The minimum atomic E-state index is -0.535. The smallest absolute Gasteiger partial charge is 0.330 e. The van der Waals surface area contributed by atoms with Crippen LogP contribution in [0, 0.1) is 5.41 Å². The average Bonchev–Trinajstić information content (AvgIpc) is 2.78. The van der Waals surface area contributed by atoms with Crippen LogP contribution in [0.2, 0.25) is 0 Å². The Hall–Kier alpha value is -2.49. The van der Waals surface area contributed by atoms with Crippen LogP contribution in [0.1, 0.15) is 34.1 Å². The molecule has 0 radical (unpaired) electrons. The number of ether oxygens (including phenoxy) is 6. The third-order valence-electron chi connectivity index (χ3n) is 4.48. The molecular formula is C24H38O9. The number of hydrogen-bond acceptors (Lipinski definition) is 9. The first-order chi connectivity index (χ1) is 15.6. The molecule has 0 bridgehead atoms. The Morgan fingerprint density at radius 1 is 0.667 bits per heavy atom. The van der Waals surface area contributed by atoms with Crippen molar-refractivity contribution in [3.8, 4) is 0 Å². The van der Waals surface area contributed by atoms with Crippen molar-refractivity contribution in [3.63, 3.8) is 0 Å².